The van der Waals surface area contributed by atoms with Crippen LogP contribution in [0.5, 0.6) is 0 Å². The van der Waals surface area contributed by atoms with Crippen LogP contribution in [0.15, 0.2) is 60.8 Å². The van der Waals surface area contributed by atoms with E-state index in [4.69, 9.17) is 5.73 Å². The Kier molecular flexibility index (Phi) is 3.03. The molecular formula is C18H18N2. The highest BCUT2D eigenvalue weighted by Crippen LogP contribution is 2.31. The first-order valence-electron chi connectivity index (χ1n) is 6.79. The zero-order valence-corrected chi connectivity index (χ0v) is 11.8. The van der Waals surface area contributed by atoms with Gasteiger partial charge in [0.15, 0.2) is 0 Å². The lowest BCUT2D eigenvalue weighted by Gasteiger charge is -2.27. The first kappa shape index (κ1) is 12.8. The molecule has 2 aromatic carbocycles. The summed E-state index contributed by atoms with van der Waals surface area (Å²) < 4.78 is 0. The lowest BCUT2D eigenvalue weighted by molar-refractivity contribution is 0.608. The number of hydrogen-bond donors (Lipinski definition) is 1. The van der Waals surface area contributed by atoms with Crippen LogP contribution < -0.4 is 5.73 Å². The second-order valence-electron chi connectivity index (χ2n) is 5.44. The minimum absolute atomic E-state index is 0.532. The maximum atomic E-state index is 6.65. The molecule has 0 aliphatic heterocycles. The topological polar surface area (TPSA) is 38.9 Å². The number of benzene rings is 2. The average molecular weight is 262 g/mol. The summed E-state index contributed by atoms with van der Waals surface area (Å²) in [6.07, 6.45) is 1.81. The molecule has 0 radical (unpaired) electrons. The van der Waals surface area contributed by atoms with Crippen LogP contribution in [0.1, 0.15) is 23.6 Å². The van der Waals surface area contributed by atoms with Crippen molar-refractivity contribution in [1.29, 1.82) is 0 Å². The summed E-state index contributed by atoms with van der Waals surface area (Å²) in [5, 5.41) is 1.11. The molecule has 1 atom stereocenters. The van der Waals surface area contributed by atoms with Gasteiger partial charge in [-0.15, -0.1) is 0 Å². The van der Waals surface area contributed by atoms with Crippen molar-refractivity contribution in [3.63, 3.8) is 0 Å². The van der Waals surface area contributed by atoms with Crippen LogP contribution in [0.25, 0.3) is 10.9 Å². The smallest absolute Gasteiger partial charge is 0.0705 e. The van der Waals surface area contributed by atoms with Crippen LogP contribution in [-0.4, -0.2) is 4.98 Å². The molecule has 0 aliphatic rings. The third-order valence-corrected chi connectivity index (χ3v) is 3.86. The Bertz CT molecular complexity index is 737. The lowest BCUT2D eigenvalue weighted by atomic mass is 9.83. The van der Waals surface area contributed by atoms with Crippen molar-refractivity contribution in [3.8, 4) is 0 Å². The zero-order chi connectivity index (χ0) is 14.2. The first-order chi connectivity index (χ1) is 9.59. The van der Waals surface area contributed by atoms with Crippen molar-refractivity contribution >= 4 is 10.9 Å². The van der Waals surface area contributed by atoms with Crippen molar-refractivity contribution in [2.45, 2.75) is 19.4 Å². The minimum atomic E-state index is -0.532. The van der Waals surface area contributed by atoms with Gasteiger partial charge in [-0.2, -0.15) is 0 Å². The predicted molar refractivity (Wildman–Crippen MR) is 83.6 cm³/mol. The third kappa shape index (κ3) is 2.08. The number of pyridine rings is 1. The summed E-state index contributed by atoms with van der Waals surface area (Å²) >= 11 is 0. The molecule has 2 N–H and O–H groups in total. The summed E-state index contributed by atoms with van der Waals surface area (Å²) in [7, 11) is 0. The highest BCUT2D eigenvalue weighted by Gasteiger charge is 2.25. The van der Waals surface area contributed by atoms with Gasteiger partial charge in [-0.25, -0.2) is 0 Å². The quantitative estimate of drug-likeness (QED) is 0.763. The van der Waals surface area contributed by atoms with Crippen LogP contribution in [0.4, 0.5) is 0 Å². The van der Waals surface area contributed by atoms with Crippen LogP contribution in [0, 0.1) is 6.92 Å². The van der Waals surface area contributed by atoms with Gasteiger partial charge in [0.05, 0.1) is 11.1 Å². The van der Waals surface area contributed by atoms with E-state index in [0.717, 1.165) is 22.0 Å². The Morgan fingerprint density at radius 1 is 0.950 bits per heavy atom. The minimum Gasteiger partial charge on any atom is -0.318 e. The molecule has 0 spiro atoms. The molecular weight excluding hydrogens is 244 g/mol. The van der Waals surface area contributed by atoms with Crippen LogP contribution in [-0.2, 0) is 5.54 Å². The molecule has 1 unspecified atom stereocenters. The lowest BCUT2D eigenvalue weighted by Crippen LogP contribution is -2.34. The van der Waals surface area contributed by atoms with Gasteiger partial charge < -0.3 is 5.73 Å². The molecule has 3 rings (SSSR count). The van der Waals surface area contributed by atoms with Crippen LogP contribution in [0.2, 0.25) is 0 Å². The molecule has 0 saturated carbocycles. The van der Waals surface area contributed by atoms with E-state index in [1.54, 1.807) is 0 Å². The van der Waals surface area contributed by atoms with Crippen LogP contribution >= 0.6 is 0 Å². The maximum absolute atomic E-state index is 6.65. The molecule has 0 bridgehead atoms. The fourth-order valence-corrected chi connectivity index (χ4v) is 2.61. The monoisotopic (exact) mass is 262 g/mol. The van der Waals surface area contributed by atoms with Gasteiger partial charge in [-0.1, -0.05) is 48.0 Å². The standard InChI is InChI=1S/C18H18N2/c1-13-8-10-14(11-9-13)18(2,19)16-6-3-7-17-15(16)5-4-12-20-17/h3-12H,19H2,1-2H3. The summed E-state index contributed by atoms with van der Waals surface area (Å²) in [6.45, 7) is 4.14. The molecule has 100 valence electrons. The van der Waals surface area contributed by atoms with Crippen molar-refractivity contribution in [3.05, 3.63) is 77.5 Å². The largest absolute Gasteiger partial charge is 0.318 e. The summed E-state index contributed by atoms with van der Waals surface area (Å²) in [6, 6.07) is 18.6. The Balaban J connectivity index is 2.20. The van der Waals surface area contributed by atoms with E-state index in [1.807, 2.05) is 24.4 Å². The van der Waals surface area contributed by atoms with E-state index in [-0.39, 0.29) is 0 Å². The second kappa shape index (κ2) is 4.73. The van der Waals surface area contributed by atoms with Crippen molar-refractivity contribution in [2.24, 2.45) is 5.73 Å². The van der Waals surface area contributed by atoms with Gasteiger partial charge in [0, 0.05) is 11.6 Å². The van der Waals surface area contributed by atoms with Gasteiger partial charge in [0.25, 0.3) is 0 Å². The van der Waals surface area contributed by atoms with E-state index in [9.17, 15) is 0 Å². The third-order valence-electron chi connectivity index (χ3n) is 3.86. The van der Waals surface area contributed by atoms with E-state index < -0.39 is 5.54 Å². The van der Waals surface area contributed by atoms with Crippen molar-refractivity contribution in [1.82, 2.24) is 4.98 Å². The Morgan fingerprint density at radius 2 is 1.70 bits per heavy atom. The molecule has 2 nitrogen and oxygen atoms in total. The van der Waals surface area contributed by atoms with Gasteiger partial charge in [-0.3, -0.25) is 4.98 Å². The first-order valence-corrected chi connectivity index (χ1v) is 6.79. The Morgan fingerprint density at radius 3 is 2.45 bits per heavy atom. The van der Waals surface area contributed by atoms with Gasteiger partial charge in [0.2, 0.25) is 0 Å². The van der Waals surface area contributed by atoms with Crippen molar-refractivity contribution in [2.75, 3.05) is 0 Å². The molecule has 3 aromatic rings. The summed E-state index contributed by atoms with van der Waals surface area (Å²) in [5.74, 6) is 0. The molecule has 0 aliphatic carbocycles. The Labute approximate surface area is 119 Å². The van der Waals surface area contributed by atoms with E-state index >= 15 is 0 Å². The number of nitrogens with two attached hydrogens (primary N) is 1. The number of aromatic nitrogens is 1. The Hall–Kier alpha value is -2.19. The molecule has 0 fully saturated rings. The highest BCUT2D eigenvalue weighted by atomic mass is 14.7. The molecule has 1 heterocycles. The van der Waals surface area contributed by atoms with Crippen LogP contribution in [0.3, 0.4) is 0 Å². The highest BCUT2D eigenvalue weighted by molar-refractivity contribution is 5.83. The number of hydrogen-bond acceptors (Lipinski definition) is 2. The van der Waals surface area contributed by atoms with Gasteiger partial charge in [0.1, 0.15) is 0 Å². The average Bonchev–Trinajstić information content (AvgIpc) is 2.47. The molecule has 20 heavy (non-hydrogen) atoms. The number of aryl methyl sites for hydroxylation is 1. The van der Waals surface area contributed by atoms with Gasteiger partial charge in [-0.05, 0) is 37.1 Å². The molecule has 0 saturated heterocycles. The predicted octanol–water partition coefficient (Wildman–Crippen LogP) is 3.77. The fourth-order valence-electron chi connectivity index (χ4n) is 2.61. The second-order valence-corrected chi connectivity index (χ2v) is 5.44. The SMILES string of the molecule is Cc1ccc(C(C)(N)c2cccc3ncccc23)cc1. The number of rotatable bonds is 2. The number of fused-ring (bicyclic) bond motifs is 1. The van der Waals surface area contributed by atoms with Gasteiger partial charge >= 0.3 is 0 Å². The zero-order valence-electron chi connectivity index (χ0n) is 11.8. The molecule has 0 amide bonds. The van der Waals surface area contributed by atoms with Crippen molar-refractivity contribution < 1.29 is 0 Å². The summed E-state index contributed by atoms with van der Waals surface area (Å²) in [4.78, 5) is 4.41. The molecule has 1 aromatic heterocycles. The summed E-state index contributed by atoms with van der Waals surface area (Å²) in [5.41, 5.74) is 10.6. The van der Waals surface area contributed by atoms with E-state index in [2.05, 4.69) is 55.2 Å². The normalized spacial score (nSPS) is 14.2. The fraction of sp³-hybridized carbons (Fsp3) is 0.167. The van der Waals surface area contributed by atoms with E-state index in [0.29, 0.717) is 0 Å². The maximum Gasteiger partial charge on any atom is 0.0705 e. The number of nitrogens with zero attached hydrogens (tertiary/aromatic N) is 1. The molecule has 2 heteroatoms. The van der Waals surface area contributed by atoms with E-state index in [1.165, 1.54) is 5.56 Å².